The van der Waals surface area contributed by atoms with Gasteiger partial charge in [-0.2, -0.15) is 0 Å². The molecule has 1 unspecified atom stereocenters. The zero-order chi connectivity index (χ0) is 13.3. The number of carbonyl (C=O) groups is 2. The third-order valence-corrected chi connectivity index (χ3v) is 2.73. The van der Waals surface area contributed by atoms with Crippen LogP contribution in [0.1, 0.15) is 18.5 Å². The number of hydrogen-bond donors (Lipinski definition) is 1. The molecule has 0 aliphatic carbocycles. The number of rotatable bonds is 3. The zero-order valence-electron chi connectivity index (χ0n) is 9.62. The minimum absolute atomic E-state index is 0.107. The van der Waals surface area contributed by atoms with E-state index in [9.17, 15) is 19.7 Å². The maximum absolute atomic E-state index is 11.7. The summed E-state index contributed by atoms with van der Waals surface area (Å²) >= 11 is 0. The van der Waals surface area contributed by atoms with Gasteiger partial charge >= 0.3 is 5.91 Å². The second-order valence-corrected chi connectivity index (χ2v) is 3.83. The third-order valence-electron chi connectivity index (χ3n) is 2.73. The Balaban J connectivity index is 2.33. The number of amides is 1. The van der Waals surface area contributed by atoms with Crippen molar-refractivity contribution in [3.05, 3.63) is 39.9 Å². The van der Waals surface area contributed by atoms with Gasteiger partial charge in [-0.25, -0.2) is 5.43 Å². The van der Waals surface area contributed by atoms with Crippen LogP contribution in [0.4, 0.5) is 5.69 Å². The Morgan fingerprint density at radius 1 is 1.44 bits per heavy atom. The standard InChI is InChI=1S/C11H11N3O4/c1-2-13-11(16)10(15)9(12-13)7-4-3-5-8(6-7)14(17)18/h3-6,9,12H,2H2,1H3. The Kier molecular flexibility index (Phi) is 3.07. The van der Waals surface area contributed by atoms with E-state index in [2.05, 4.69) is 5.43 Å². The lowest BCUT2D eigenvalue weighted by molar-refractivity contribution is -0.384. The van der Waals surface area contributed by atoms with Gasteiger partial charge in [-0.05, 0) is 12.5 Å². The van der Waals surface area contributed by atoms with Crippen LogP contribution in [0.25, 0.3) is 0 Å². The molecule has 1 aliphatic heterocycles. The van der Waals surface area contributed by atoms with Crippen LogP contribution >= 0.6 is 0 Å². The molecular weight excluding hydrogens is 238 g/mol. The number of ketones is 1. The molecule has 1 heterocycles. The van der Waals surface area contributed by atoms with E-state index in [-0.39, 0.29) is 5.69 Å². The molecule has 7 nitrogen and oxygen atoms in total. The predicted molar refractivity (Wildman–Crippen MR) is 61.4 cm³/mol. The van der Waals surface area contributed by atoms with E-state index in [1.165, 1.54) is 23.2 Å². The van der Waals surface area contributed by atoms with Gasteiger partial charge in [0, 0.05) is 18.7 Å². The normalized spacial score (nSPS) is 19.4. The predicted octanol–water partition coefficient (Wildman–Crippen LogP) is 0.572. The molecule has 0 aromatic heterocycles. The Morgan fingerprint density at radius 3 is 2.72 bits per heavy atom. The Labute approximate surface area is 103 Å². The van der Waals surface area contributed by atoms with Crippen LogP contribution in [0.2, 0.25) is 0 Å². The molecule has 1 aliphatic rings. The van der Waals surface area contributed by atoms with Crippen LogP contribution < -0.4 is 5.43 Å². The molecule has 1 saturated heterocycles. The topological polar surface area (TPSA) is 92.5 Å². The Bertz CT molecular complexity index is 529. The maximum atomic E-state index is 11.7. The summed E-state index contributed by atoms with van der Waals surface area (Å²) in [4.78, 5) is 33.4. The van der Waals surface area contributed by atoms with Gasteiger partial charge in [-0.1, -0.05) is 12.1 Å². The summed E-state index contributed by atoms with van der Waals surface area (Å²) in [5, 5.41) is 11.9. The second-order valence-electron chi connectivity index (χ2n) is 3.83. The summed E-state index contributed by atoms with van der Waals surface area (Å²) in [5.74, 6) is -1.22. The van der Waals surface area contributed by atoms with Gasteiger partial charge in [-0.3, -0.25) is 24.7 Å². The smallest absolute Gasteiger partial charge is 0.286 e. The molecule has 0 spiro atoms. The van der Waals surface area contributed by atoms with Crippen molar-refractivity contribution in [2.45, 2.75) is 13.0 Å². The van der Waals surface area contributed by atoms with Crippen LogP contribution in [0.5, 0.6) is 0 Å². The number of nitrogens with one attached hydrogen (secondary N) is 1. The molecule has 0 radical (unpaired) electrons. The molecule has 2 rings (SSSR count). The molecule has 0 bridgehead atoms. The van der Waals surface area contributed by atoms with E-state index >= 15 is 0 Å². The highest BCUT2D eigenvalue weighted by molar-refractivity contribution is 6.39. The van der Waals surface area contributed by atoms with Gasteiger partial charge in [0.25, 0.3) is 5.69 Å². The van der Waals surface area contributed by atoms with Gasteiger partial charge in [0.15, 0.2) is 0 Å². The van der Waals surface area contributed by atoms with Crippen molar-refractivity contribution in [1.29, 1.82) is 0 Å². The van der Waals surface area contributed by atoms with Gasteiger partial charge < -0.3 is 0 Å². The highest BCUT2D eigenvalue weighted by Crippen LogP contribution is 2.24. The largest absolute Gasteiger partial charge is 0.306 e. The average Bonchev–Trinajstić information content (AvgIpc) is 2.66. The van der Waals surface area contributed by atoms with E-state index < -0.39 is 22.7 Å². The summed E-state index contributed by atoms with van der Waals surface area (Å²) in [5.41, 5.74) is 3.04. The number of nitro benzene ring substituents is 1. The van der Waals surface area contributed by atoms with Gasteiger partial charge in [0.2, 0.25) is 5.78 Å². The first-order chi connectivity index (χ1) is 8.54. The molecule has 1 N–H and O–H groups in total. The first-order valence-corrected chi connectivity index (χ1v) is 5.40. The van der Waals surface area contributed by atoms with Crippen LogP contribution in [0.3, 0.4) is 0 Å². The Hall–Kier alpha value is -2.28. The first kappa shape index (κ1) is 12.2. The van der Waals surface area contributed by atoms with Gasteiger partial charge in [0.05, 0.1) is 4.92 Å². The molecular formula is C11H11N3O4. The molecule has 18 heavy (non-hydrogen) atoms. The first-order valence-electron chi connectivity index (χ1n) is 5.40. The molecule has 1 amide bonds. The number of hydrazine groups is 1. The van der Waals surface area contributed by atoms with Crippen LogP contribution in [0, 0.1) is 10.1 Å². The number of likely N-dealkylation sites (N-methyl/N-ethyl adjacent to an activating group) is 1. The lowest BCUT2D eigenvalue weighted by Crippen LogP contribution is -2.34. The zero-order valence-corrected chi connectivity index (χ0v) is 9.62. The fraction of sp³-hybridized carbons (Fsp3) is 0.273. The molecule has 0 saturated carbocycles. The van der Waals surface area contributed by atoms with Crippen molar-refractivity contribution in [1.82, 2.24) is 10.4 Å². The van der Waals surface area contributed by atoms with Crippen molar-refractivity contribution in [2.75, 3.05) is 6.54 Å². The SMILES string of the molecule is CCN1NC(c2cccc([N+](=O)[O-])c2)C(=O)C1=O. The maximum Gasteiger partial charge on any atom is 0.306 e. The summed E-state index contributed by atoms with van der Waals surface area (Å²) in [6, 6.07) is 4.86. The minimum Gasteiger partial charge on any atom is -0.286 e. The van der Waals surface area contributed by atoms with Crippen LogP contribution in [-0.4, -0.2) is 28.2 Å². The molecule has 1 fully saturated rings. The summed E-state index contributed by atoms with van der Waals surface area (Å²) in [6.07, 6.45) is 0. The van der Waals surface area contributed by atoms with Crippen molar-refractivity contribution >= 4 is 17.4 Å². The molecule has 1 atom stereocenters. The highest BCUT2D eigenvalue weighted by Gasteiger charge is 2.39. The fourth-order valence-corrected chi connectivity index (χ4v) is 1.81. The van der Waals surface area contributed by atoms with E-state index in [0.717, 1.165) is 0 Å². The highest BCUT2D eigenvalue weighted by atomic mass is 16.6. The number of benzene rings is 1. The summed E-state index contributed by atoms with van der Waals surface area (Å²) in [7, 11) is 0. The molecule has 94 valence electrons. The van der Waals surface area contributed by atoms with Crippen molar-refractivity contribution in [3.63, 3.8) is 0 Å². The number of hydrogen-bond acceptors (Lipinski definition) is 5. The lowest BCUT2D eigenvalue weighted by atomic mass is 10.0. The van der Waals surface area contributed by atoms with E-state index in [4.69, 9.17) is 0 Å². The van der Waals surface area contributed by atoms with Gasteiger partial charge in [-0.15, -0.1) is 0 Å². The molecule has 7 heteroatoms. The monoisotopic (exact) mass is 249 g/mol. The van der Waals surface area contributed by atoms with Crippen LogP contribution in [0.15, 0.2) is 24.3 Å². The summed E-state index contributed by atoms with van der Waals surface area (Å²) < 4.78 is 0. The number of nitrogens with zero attached hydrogens (tertiary/aromatic N) is 2. The van der Waals surface area contributed by atoms with Gasteiger partial charge in [0.1, 0.15) is 6.04 Å². The number of non-ortho nitro benzene ring substituents is 1. The quantitative estimate of drug-likeness (QED) is 0.480. The second kappa shape index (κ2) is 4.53. The molecule has 1 aromatic carbocycles. The van der Waals surface area contributed by atoms with Crippen molar-refractivity contribution in [2.24, 2.45) is 0 Å². The van der Waals surface area contributed by atoms with Crippen molar-refractivity contribution in [3.8, 4) is 0 Å². The fourth-order valence-electron chi connectivity index (χ4n) is 1.81. The molecule has 1 aromatic rings. The van der Waals surface area contributed by atoms with E-state index in [1.54, 1.807) is 13.0 Å². The average molecular weight is 249 g/mol. The minimum atomic E-state index is -0.836. The number of carbonyl (C=O) groups excluding carboxylic acids is 2. The number of nitro groups is 1. The lowest BCUT2D eigenvalue weighted by Gasteiger charge is -2.14. The van der Waals surface area contributed by atoms with Crippen molar-refractivity contribution < 1.29 is 14.5 Å². The van der Waals surface area contributed by atoms with E-state index in [1.807, 2.05) is 0 Å². The number of Topliss-reactive ketones (excluding diaryl/α,β-unsaturated/α-hetero) is 1. The third kappa shape index (κ3) is 1.95. The Morgan fingerprint density at radius 2 is 2.17 bits per heavy atom. The summed E-state index contributed by atoms with van der Waals surface area (Å²) in [6.45, 7) is 2.09. The van der Waals surface area contributed by atoms with Crippen LogP contribution in [-0.2, 0) is 9.59 Å². The van der Waals surface area contributed by atoms with E-state index in [0.29, 0.717) is 12.1 Å².